The summed E-state index contributed by atoms with van der Waals surface area (Å²) >= 11 is 1.44. The van der Waals surface area contributed by atoms with Crippen molar-refractivity contribution in [3.8, 4) is 0 Å². The van der Waals surface area contributed by atoms with Crippen LogP contribution in [0, 0.1) is 5.92 Å². The van der Waals surface area contributed by atoms with Gasteiger partial charge in [-0.05, 0) is 32.9 Å². The van der Waals surface area contributed by atoms with Crippen LogP contribution in [-0.2, 0) is 9.53 Å². The molecule has 20 heavy (non-hydrogen) atoms. The minimum absolute atomic E-state index is 0.00974. The molecule has 0 radical (unpaired) electrons. The lowest BCUT2D eigenvalue weighted by atomic mass is 10.0. The van der Waals surface area contributed by atoms with Crippen molar-refractivity contribution in [1.82, 2.24) is 0 Å². The molecule has 0 heterocycles. The predicted octanol–water partition coefficient (Wildman–Crippen LogP) is 3.96. The van der Waals surface area contributed by atoms with E-state index in [9.17, 15) is 9.59 Å². The second-order valence-corrected chi connectivity index (χ2v) is 7.07. The average molecular weight is 294 g/mol. The predicted molar refractivity (Wildman–Crippen MR) is 82.2 cm³/mol. The van der Waals surface area contributed by atoms with Crippen LogP contribution in [0.5, 0.6) is 0 Å². The van der Waals surface area contributed by atoms with Crippen LogP contribution < -0.4 is 0 Å². The summed E-state index contributed by atoms with van der Waals surface area (Å²) in [5.74, 6) is -0.108. The van der Waals surface area contributed by atoms with Gasteiger partial charge in [-0.3, -0.25) is 9.59 Å². The summed E-state index contributed by atoms with van der Waals surface area (Å²) in [5, 5.41) is 0. The summed E-state index contributed by atoms with van der Waals surface area (Å²) in [6.07, 6.45) is 0. The van der Waals surface area contributed by atoms with Gasteiger partial charge in [0.05, 0.1) is 6.61 Å². The molecule has 0 bridgehead atoms. The van der Waals surface area contributed by atoms with Crippen molar-refractivity contribution >= 4 is 23.5 Å². The van der Waals surface area contributed by atoms with Gasteiger partial charge in [-0.25, -0.2) is 0 Å². The number of thioether (sulfide) groups is 1. The molecule has 0 saturated carbocycles. The lowest BCUT2D eigenvalue weighted by Gasteiger charge is -2.21. The van der Waals surface area contributed by atoms with Crippen molar-refractivity contribution < 1.29 is 14.3 Å². The molecule has 4 heteroatoms. The summed E-state index contributed by atoms with van der Waals surface area (Å²) < 4.78 is 4.42. The van der Waals surface area contributed by atoms with Crippen molar-refractivity contribution in [2.24, 2.45) is 5.92 Å². The second kappa shape index (κ2) is 6.93. The van der Waals surface area contributed by atoms with Gasteiger partial charge in [0.25, 0.3) is 0 Å². The van der Waals surface area contributed by atoms with Crippen LogP contribution >= 0.6 is 11.8 Å². The molecular formula is C16H22O3S. The van der Waals surface area contributed by atoms with Crippen LogP contribution in [0.2, 0.25) is 0 Å². The Balaban J connectivity index is 2.80. The molecule has 1 aromatic carbocycles. The fraction of sp³-hybridized carbons (Fsp3) is 0.500. The van der Waals surface area contributed by atoms with E-state index in [4.69, 9.17) is 4.74 Å². The van der Waals surface area contributed by atoms with Gasteiger partial charge in [0.2, 0.25) is 0 Å². The standard InChI is InChI=1S/C16H22O3S/c1-6-19-15(18)16(4,5)20-13-9-7-12(8-10-13)14(17)11(2)3/h7-11H,6H2,1-5H3. The van der Waals surface area contributed by atoms with Gasteiger partial charge in [-0.1, -0.05) is 26.0 Å². The van der Waals surface area contributed by atoms with E-state index < -0.39 is 4.75 Å². The minimum atomic E-state index is -0.639. The molecule has 3 nitrogen and oxygen atoms in total. The van der Waals surface area contributed by atoms with Gasteiger partial charge in [-0.15, -0.1) is 11.8 Å². The van der Waals surface area contributed by atoms with Gasteiger partial charge < -0.3 is 4.74 Å². The molecule has 0 atom stereocenters. The van der Waals surface area contributed by atoms with Crippen molar-refractivity contribution in [2.45, 2.75) is 44.3 Å². The zero-order chi connectivity index (χ0) is 15.3. The molecule has 0 aromatic heterocycles. The Morgan fingerprint density at radius 2 is 1.75 bits per heavy atom. The Kier molecular flexibility index (Phi) is 5.81. The quantitative estimate of drug-likeness (QED) is 0.452. The van der Waals surface area contributed by atoms with E-state index in [0.29, 0.717) is 12.2 Å². The highest BCUT2D eigenvalue weighted by Crippen LogP contribution is 2.33. The van der Waals surface area contributed by atoms with E-state index in [1.165, 1.54) is 11.8 Å². The zero-order valence-electron chi connectivity index (χ0n) is 12.7. The first-order chi connectivity index (χ1) is 9.27. The molecule has 0 aliphatic carbocycles. The number of ether oxygens (including phenoxy) is 1. The van der Waals surface area contributed by atoms with Gasteiger partial charge in [-0.2, -0.15) is 0 Å². The van der Waals surface area contributed by atoms with Crippen LogP contribution in [0.3, 0.4) is 0 Å². The number of Topliss-reactive ketones (excluding diaryl/α,β-unsaturated/α-hetero) is 1. The number of hydrogen-bond donors (Lipinski definition) is 0. The minimum Gasteiger partial charge on any atom is -0.465 e. The number of carbonyl (C=O) groups excluding carboxylic acids is 2. The van der Waals surface area contributed by atoms with Crippen molar-refractivity contribution in [3.05, 3.63) is 29.8 Å². The summed E-state index contributed by atoms with van der Waals surface area (Å²) in [6, 6.07) is 7.38. The molecular weight excluding hydrogens is 272 g/mol. The van der Waals surface area contributed by atoms with Gasteiger partial charge >= 0.3 is 5.97 Å². The average Bonchev–Trinajstić information content (AvgIpc) is 2.38. The van der Waals surface area contributed by atoms with Gasteiger partial charge in [0, 0.05) is 16.4 Å². The monoisotopic (exact) mass is 294 g/mol. The molecule has 0 spiro atoms. The number of benzene rings is 1. The van der Waals surface area contributed by atoms with Gasteiger partial charge in [0.15, 0.2) is 5.78 Å². The van der Waals surface area contributed by atoms with Crippen molar-refractivity contribution in [1.29, 1.82) is 0 Å². The molecule has 0 unspecified atom stereocenters. The van der Waals surface area contributed by atoms with E-state index in [2.05, 4.69) is 0 Å². The van der Waals surface area contributed by atoms with Gasteiger partial charge in [0.1, 0.15) is 4.75 Å². The van der Waals surface area contributed by atoms with Crippen molar-refractivity contribution in [3.63, 3.8) is 0 Å². The number of ketones is 1. The molecule has 0 aliphatic rings. The largest absolute Gasteiger partial charge is 0.465 e. The highest BCUT2D eigenvalue weighted by molar-refractivity contribution is 8.01. The third-order valence-corrected chi connectivity index (χ3v) is 3.99. The maximum atomic E-state index is 11.9. The smallest absolute Gasteiger partial charge is 0.321 e. The van der Waals surface area contributed by atoms with Crippen LogP contribution in [0.4, 0.5) is 0 Å². The SMILES string of the molecule is CCOC(=O)C(C)(C)Sc1ccc(C(=O)C(C)C)cc1. The van der Waals surface area contributed by atoms with E-state index >= 15 is 0 Å². The van der Waals surface area contributed by atoms with Crippen molar-refractivity contribution in [2.75, 3.05) is 6.61 Å². The summed E-state index contributed by atoms with van der Waals surface area (Å²) in [5.41, 5.74) is 0.707. The lowest BCUT2D eigenvalue weighted by molar-refractivity contribution is -0.145. The Labute approximate surface area is 125 Å². The number of esters is 1. The second-order valence-electron chi connectivity index (χ2n) is 5.38. The first-order valence-corrected chi connectivity index (χ1v) is 7.60. The zero-order valence-corrected chi connectivity index (χ0v) is 13.5. The molecule has 0 N–H and O–H groups in total. The van der Waals surface area contributed by atoms with Crippen LogP contribution in [-0.4, -0.2) is 23.1 Å². The number of hydrogen-bond acceptors (Lipinski definition) is 4. The third-order valence-electron chi connectivity index (χ3n) is 2.80. The first kappa shape index (κ1) is 16.8. The molecule has 1 rings (SSSR count). The Hall–Kier alpha value is -1.29. The molecule has 0 amide bonds. The summed E-state index contributed by atoms with van der Waals surface area (Å²) in [4.78, 5) is 24.6. The highest BCUT2D eigenvalue weighted by Gasteiger charge is 2.30. The summed E-state index contributed by atoms with van der Waals surface area (Å²) in [7, 11) is 0. The lowest BCUT2D eigenvalue weighted by Crippen LogP contribution is -2.29. The maximum Gasteiger partial charge on any atom is 0.321 e. The molecule has 110 valence electrons. The summed E-state index contributed by atoms with van der Waals surface area (Å²) in [6.45, 7) is 9.62. The fourth-order valence-electron chi connectivity index (χ4n) is 1.66. The number of rotatable bonds is 6. The molecule has 0 saturated heterocycles. The highest BCUT2D eigenvalue weighted by atomic mass is 32.2. The first-order valence-electron chi connectivity index (χ1n) is 6.78. The maximum absolute atomic E-state index is 11.9. The third kappa shape index (κ3) is 4.37. The van der Waals surface area contributed by atoms with E-state index in [-0.39, 0.29) is 17.7 Å². The molecule has 1 aromatic rings. The molecule has 0 aliphatic heterocycles. The molecule has 0 fully saturated rings. The Bertz CT molecular complexity index is 475. The van der Waals surface area contributed by atoms with E-state index in [0.717, 1.165) is 4.90 Å². The number of carbonyl (C=O) groups is 2. The Morgan fingerprint density at radius 1 is 1.20 bits per heavy atom. The van der Waals surface area contributed by atoms with E-state index in [1.807, 2.05) is 52.0 Å². The van der Waals surface area contributed by atoms with E-state index in [1.54, 1.807) is 6.92 Å². The Morgan fingerprint density at radius 3 is 2.20 bits per heavy atom. The van der Waals surface area contributed by atoms with Crippen LogP contribution in [0.15, 0.2) is 29.2 Å². The van der Waals surface area contributed by atoms with Crippen LogP contribution in [0.1, 0.15) is 45.0 Å². The van der Waals surface area contributed by atoms with Crippen LogP contribution in [0.25, 0.3) is 0 Å². The fourth-order valence-corrected chi connectivity index (χ4v) is 2.67. The normalized spacial score (nSPS) is 11.5. The topological polar surface area (TPSA) is 43.4 Å².